The van der Waals surface area contributed by atoms with E-state index in [-0.39, 0.29) is 17.5 Å². The minimum atomic E-state index is -0.299. The molecule has 0 unspecified atom stereocenters. The van der Waals surface area contributed by atoms with Gasteiger partial charge in [0, 0.05) is 6.42 Å². The number of hydrogen-bond donors (Lipinski definition) is 1. The molecule has 21 heavy (non-hydrogen) atoms. The molecular formula is C16H13FN2O2. The van der Waals surface area contributed by atoms with E-state index < -0.39 is 0 Å². The Kier molecular flexibility index (Phi) is 3.39. The molecule has 0 aliphatic heterocycles. The van der Waals surface area contributed by atoms with E-state index in [1.165, 1.54) is 12.1 Å². The van der Waals surface area contributed by atoms with Crippen LogP contribution in [0.2, 0.25) is 0 Å². The Balaban J connectivity index is 1.88. The number of halogens is 1. The summed E-state index contributed by atoms with van der Waals surface area (Å²) in [5.41, 5.74) is 1.99. The van der Waals surface area contributed by atoms with Crippen LogP contribution in [-0.2, 0) is 6.42 Å². The van der Waals surface area contributed by atoms with Gasteiger partial charge in [0.1, 0.15) is 11.6 Å². The van der Waals surface area contributed by atoms with E-state index in [4.69, 9.17) is 4.52 Å². The van der Waals surface area contributed by atoms with E-state index >= 15 is 0 Å². The Morgan fingerprint density at radius 2 is 2.00 bits per heavy atom. The van der Waals surface area contributed by atoms with Gasteiger partial charge < -0.3 is 9.63 Å². The second-order valence-corrected chi connectivity index (χ2v) is 4.79. The van der Waals surface area contributed by atoms with Crippen molar-refractivity contribution in [3.8, 4) is 17.2 Å². The average molecular weight is 284 g/mol. The fourth-order valence-electron chi connectivity index (χ4n) is 2.10. The molecule has 2 aromatic carbocycles. The number of phenols is 1. The highest BCUT2D eigenvalue weighted by Crippen LogP contribution is 2.30. The molecule has 0 spiro atoms. The molecule has 0 aliphatic carbocycles. The molecule has 3 aromatic rings. The van der Waals surface area contributed by atoms with Crippen molar-refractivity contribution in [2.75, 3.05) is 0 Å². The maximum Gasteiger partial charge on any atom is 0.261 e. The van der Waals surface area contributed by atoms with Gasteiger partial charge in [-0.15, -0.1) is 0 Å². The van der Waals surface area contributed by atoms with Crippen LogP contribution in [0.1, 0.15) is 17.0 Å². The Hall–Kier alpha value is -2.69. The normalized spacial score (nSPS) is 10.8. The molecular weight excluding hydrogens is 271 g/mol. The third-order valence-electron chi connectivity index (χ3n) is 3.19. The van der Waals surface area contributed by atoms with Crippen LogP contribution in [0.3, 0.4) is 0 Å². The summed E-state index contributed by atoms with van der Waals surface area (Å²) in [7, 11) is 0. The number of hydrogen-bond acceptors (Lipinski definition) is 4. The van der Waals surface area contributed by atoms with Crippen molar-refractivity contribution >= 4 is 0 Å². The summed E-state index contributed by atoms with van der Waals surface area (Å²) >= 11 is 0. The molecule has 0 radical (unpaired) electrons. The standard InChI is InChI=1S/C16H13FN2O2/c1-10-4-2-7-13(15(10)20)16-18-14(19-21-16)9-11-5-3-6-12(17)8-11/h2-8,20H,9H2,1H3. The van der Waals surface area contributed by atoms with Crippen LogP contribution >= 0.6 is 0 Å². The Morgan fingerprint density at radius 3 is 2.81 bits per heavy atom. The van der Waals surface area contributed by atoms with Crippen molar-refractivity contribution in [1.82, 2.24) is 10.1 Å². The fourth-order valence-corrected chi connectivity index (χ4v) is 2.10. The third-order valence-corrected chi connectivity index (χ3v) is 3.19. The smallest absolute Gasteiger partial charge is 0.261 e. The van der Waals surface area contributed by atoms with E-state index in [9.17, 15) is 9.50 Å². The minimum absolute atomic E-state index is 0.124. The Bertz CT molecular complexity index is 783. The Labute approximate surface area is 120 Å². The van der Waals surface area contributed by atoms with Crippen molar-refractivity contribution in [2.45, 2.75) is 13.3 Å². The van der Waals surface area contributed by atoms with Gasteiger partial charge in [0.2, 0.25) is 0 Å². The zero-order chi connectivity index (χ0) is 14.8. The maximum absolute atomic E-state index is 13.1. The zero-order valence-electron chi connectivity index (χ0n) is 11.4. The molecule has 0 fully saturated rings. The molecule has 3 rings (SSSR count). The molecule has 0 saturated heterocycles. The summed E-state index contributed by atoms with van der Waals surface area (Å²) in [6.45, 7) is 1.79. The van der Waals surface area contributed by atoms with Gasteiger partial charge >= 0.3 is 0 Å². The zero-order valence-corrected chi connectivity index (χ0v) is 11.4. The predicted octanol–water partition coefficient (Wildman–Crippen LogP) is 3.48. The summed E-state index contributed by atoms with van der Waals surface area (Å²) in [5.74, 6) is 0.519. The number of phenolic OH excluding ortho intramolecular Hbond substituents is 1. The molecule has 4 nitrogen and oxygen atoms in total. The summed E-state index contributed by atoms with van der Waals surface area (Å²) < 4.78 is 18.3. The predicted molar refractivity (Wildman–Crippen MR) is 75.3 cm³/mol. The Morgan fingerprint density at radius 1 is 1.19 bits per heavy atom. The number of para-hydroxylation sites is 1. The minimum Gasteiger partial charge on any atom is -0.507 e. The molecule has 5 heteroatoms. The average Bonchev–Trinajstić information content (AvgIpc) is 2.90. The molecule has 1 heterocycles. The molecule has 1 N–H and O–H groups in total. The molecule has 0 amide bonds. The number of rotatable bonds is 3. The van der Waals surface area contributed by atoms with Crippen molar-refractivity contribution in [1.29, 1.82) is 0 Å². The van der Waals surface area contributed by atoms with Crippen LogP contribution in [0.4, 0.5) is 4.39 Å². The second-order valence-electron chi connectivity index (χ2n) is 4.79. The summed E-state index contributed by atoms with van der Waals surface area (Å²) in [6.07, 6.45) is 0.369. The van der Waals surface area contributed by atoms with Crippen LogP contribution in [0.15, 0.2) is 47.0 Å². The SMILES string of the molecule is Cc1cccc(-c2nc(Cc3cccc(F)c3)no2)c1O. The molecule has 0 saturated carbocycles. The lowest BCUT2D eigenvalue weighted by Crippen LogP contribution is -1.91. The number of aromatic nitrogens is 2. The highest BCUT2D eigenvalue weighted by atomic mass is 19.1. The lowest BCUT2D eigenvalue weighted by Gasteiger charge is -2.01. The topological polar surface area (TPSA) is 59.2 Å². The quantitative estimate of drug-likeness (QED) is 0.800. The summed E-state index contributed by atoms with van der Waals surface area (Å²) in [4.78, 5) is 4.25. The lowest BCUT2D eigenvalue weighted by atomic mass is 10.1. The van der Waals surface area contributed by atoms with Crippen molar-refractivity contribution in [3.05, 3.63) is 65.2 Å². The highest BCUT2D eigenvalue weighted by Gasteiger charge is 2.14. The van der Waals surface area contributed by atoms with Gasteiger partial charge in [-0.3, -0.25) is 0 Å². The van der Waals surface area contributed by atoms with Gasteiger partial charge in [-0.2, -0.15) is 4.98 Å². The molecule has 0 bridgehead atoms. The van der Waals surface area contributed by atoms with Crippen molar-refractivity contribution in [3.63, 3.8) is 0 Å². The van der Waals surface area contributed by atoms with Crippen LogP contribution < -0.4 is 0 Å². The third kappa shape index (κ3) is 2.76. The van der Waals surface area contributed by atoms with Crippen LogP contribution in [-0.4, -0.2) is 15.2 Å². The van der Waals surface area contributed by atoms with E-state index in [1.807, 2.05) is 0 Å². The maximum atomic E-state index is 13.1. The monoisotopic (exact) mass is 284 g/mol. The van der Waals surface area contributed by atoms with Crippen LogP contribution in [0.25, 0.3) is 11.5 Å². The first kappa shape index (κ1) is 13.3. The van der Waals surface area contributed by atoms with Gasteiger partial charge in [-0.1, -0.05) is 29.4 Å². The highest BCUT2D eigenvalue weighted by molar-refractivity contribution is 5.64. The van der Waals surface area contributed by atoms with E-state index in [1.54, 1.807) is 37.3 Å². The first-order valence-electron chi connectivity index (χ1n) is 6.49. The van der Waals surface area contributed by atoms with Crippen LogP contribution in [0, 0.1) is 12.7 Å². The van der Waals surface area contributed by atoms with Crippen molar-refractivity contribution in [2.24, 2.45) is 0 Å². The molecule has 0 atom stereocenters. The fraction of sp³-hybridized carbons (Fsp3) is 0.125. The summed E-state index contributed by atoms with van der Waals surface area (Å²) in [5, 5.41) is 13.9. The van der Waals surface area contributed by atoms with Gasteiger partial charge in [-0.05, 0) is 36.2 Å². The second kappa shape index (κ2) is 5.36. The van der Waals surface area contributed by atoms with E-state index in [2.05, 4.69) is 10.1 Å². The first-order valence-corrected chi connectivity index (χ1v) is 6.49. The van der Waals surface area contributed by atoms with Gasteiger partial charge in [-0.25, -0.2) is 4.39 Å². The van der Waals surface area contributed by atoms with Gasteiger partial charge in [0.25, 0.3) is 5.89 Å². The van der Waals surface area contributed by atoms with Gasteiger partial charge in [0.05, 0.1) is 5.56 Å². The van der Waals surface area contributed by atoms with E-state index in [0.717, 1.165) is 11.1 Å². The number of aromatic hydroxyl groups is 1. The van der Waals surface area contributed by atoms with Crippen molar-refractivity contribution < 1.29 is 14.0 Å². The van der Waals surface area contributed by atoms with Crippen LogP contribution in [0.5, 0.6) is 5.75 Å². The van der Waals surface area contributed by atoms with Gasteiger partial charge in [0.15, 0.2) is 5.82 Å². The number of nitrogens with zero attached hydrogens (tertiary/aromatic N) is 2. The number of benzene rings is 2. The summed E-state index contributed by atoms with van der Waals surface area (Å²) in [6, 6.07) is 11.6. The number of aryl methyl sites for hydroxylation is 1. The molecule has 0 aliphatic rings. The largest absolute Gasteiger partial charge is 0.507 e. The molecule has 1 aromatic heterocycles. The van der Waals surface area contributed by atoms with E-state index in [0.29, 0.717) is 17.8 Å². The lowest BCUT2D eigenvalue weighted by molar-refractivity contribution is 0.418. The first-order chi connectivity index (χ1) is 10.1. The molecule has 106 valence electrons.